The second kappa shape index (κ2) is 6.67. The van der Waals surface area contributed by atoms with Crippen LogP contribution in [0.4, 0.5) is 22.4 Å². The number of carbonyl (C=O) groups excluding carboxylic acids is 2. The summed E-state index contributed by atoms with van der Waals surface area (Å²) in [4.78, 5) is 27.0. The van der Waals surface area contributed by atoms with Gasteiger partial charge in [0, 0.05) is 11.1 Å². The molecule has 0 unspecified atom stereocenters. The lowest BCUT2D eigenvalue weighted by Crippen LogP contribution is -2.35. The Morgan fingerprint density at radius 2 is 1.81 bits per heavy atom. The number of hydrogen-bond acceptors (Lipinski definition) is 4. The smallest absolute Gasteiger partial charge is 0.416 e. The maximum Gasteiger partial charge on any atom is 0.416 e. The molecule has 0 bridgehead atoms. The number of benzene rings is 1. The number of nitrogens with zero attached hydrogens (tertiary/aromatic N) is 2. The fourth-order valence-corrected chi connectivity index (χ4v) is 2.93. The van der Waals surface area contributed by atoms with Gasteiger partial charge in [-0.3, -0.25) is 9.36 Å². The highest BCUT2D eigenvalue weighted by atomic mass is 32.1. The van der Waals surface area contributed by atoms with Crippen molar-refractivity contribution in [3.8, 4) is 0 Å². The van der Waals surface area contributed by atoms with Gasteiger partial charge in [0.25, 0.3) is 5.91 Å². The largest absolute Gasteiger partial charge is 0.529 e. The molecule has 26 heavy (non-hydrogen) atoms. The van der Waals surface area contributed by atoms with Crippen molar-refractivity contribution in [1.29, 1.82) is 0 Å². The van der Waals surface area contributed by atoms with Crippen molar-refractivity contribution in [2.45, 2.75) is 32.4 Å². The summed E-state index contributed by atoms with van der Waals surface area (Å²) >= 11 is 0.843. The Labute approximate surface area is 149 Å². The monoisotopic (exact) mass is 389 g/mol. The standard InChI is InChI=1S/C16H14F4N2O3S/c1-15(2,3)11-7-22(14(24)25)13(26-11)21-12(23)9-6-8(16(18,19)20)4-5-10(9)17/h4-7H,1-3H3,(H,24,25)/p-1. The third kappa shape index (κ3) is 4.18. The SMILES string of the molecule is CC(C)(C)c1cn(C(=O)[O-])c(=NC(=O)c2cc(C(F)(F)F)ccc2F)s1. The van der Waals surface area contributed by atoms with Crippen LogP contribution >= 0.6 is 11.3 Å². The predicted molar refractivity (Wildman–Crippen MR) is 83.1 cm³/mol. The summed E-state index contributed by atoms with van der Waals surface area (Å²) < 4.78 is 52.6. The van der Waals surface area contributed by atoms with E-state index < -0.39 is 40.5 Å². The Hall–Kier alpha value is -2.49. The van der Waals surface area contributed by atoms with Crippen molar-refractivity contribution in [2.24, 2.45) is 4.99 Å². The normalized spacial score (nSPS) is 13.1. The van der Waals surface area contributed by atoms with Crippen LogP contribution in [0.5, 0.6) is 0 Å². The summed E-state index contributed by atoms with van der Waals surface area (Å²) in [6.07, 6.45) is -5.24. The number of halogens is 4. The fourth-order valence-electron chi connectivity index (χ4n) is 1.91. The number of carboxylic acid groups (broad SMARTS) is 1. The number of aromatic nitrogens is 1. The van der Waals surface area contributed by atoms with Crippen molar-refractivity contribution < 1.29 is 32.3 Å². The first-order valence-corrected chi connectivity index (χ1v) is 8.02. The molecule has 0 fully saturated rings. The Kier molecular flexibility index (Phi) is 5.09. The highest BCUT2D eigenvalue weighted by molar-refractivity contribution is 7.09. The van der Waals surface area contributed by atoms with E-state index in [4.69, 9.17) is 0 Å². The zero-order chi connectivity index (χ0) is 19.9. The highest BCUT2D eigenvalue weighted by Crippen LogP contribution is 2.30. The fraction of sp³-hybridized carbons (Fsp3) is 0.312. The van der Waals surface area contributed by atoms with E-state index in [0.717, 1.165) is 11.3 Å². The van der Waals surface area contributed by atoms with E-state index in [-0.39, 0.29) is 4.80 Å². The number of rotatable bonds is 1. The maximum atomic E-state index is 13.8. The Morgan fingerprint density at radius 3 is 2.31 bits per heavy atom. The van der Waals surface area contributed by atoms with Crippen LogP contribution < -0.4 is 9.91 Å². The predicted octanol–water partition coefficient (Wildman–Crippen LogP) is 2.94. The lowest BCUT2D eigenvalue weighted by Gasteiger charge is -2.14. The van der Waals surface area contributed by atoms with E-state index in [9.17, 15) is 32.3 Å². The van der Waals surface area contributed by atoms with Gasteiger partial charge in [-0.2, -0.15) is 18.2 Å². The van der Waals surface area contributed by atoms with Gasteiger partial charge in [-0.05, 0) is 23.6 Å². The average Bonchev–Trinajstić information content (AvgIpc) is 2.90. The van der Waals surface area contributed by atoms with Crippen LogP contribution in [0.2, 0.25) is 0 Å². The summed E-state index contributed by atoms with van der Waals surface area (Å²) in [6.45, 7) is 5.36. The third-order valence-electron chi connectivity index (χ3n) is 3.31. The number of hydrogen-bond donors (Lipinski definition) is 0. The molecule has 1 heterocycles. The van der Waals surface area contributed by atoms with Crippen LogP contribution in [-0.2, 0) is 11.6 Å². The molecule has 2 rings (SSSR count). The van der Waals surface area contributed by atoms with E-state index in [2.05, 4.69) is 4.99 Å². The van der Waals surface area contributed by atoms with Gasteiger partial charge in [-0.25, -0.2) is 4.39 Å². The highest BCUT2D eigenvalue weighted by Gasteiger charge is 2.32. The van der Waals surface area contributed by atoms with Gasteiger partial charge in [0.05, 0.1) is 11.1 Å². The van der Waals surface area contributed by atoms with E-state index in [1.54, 1.807) is 20.8 Å². The molecule has 0 aliphatic carbocycles. The lowest BCUT2D eigenvalue weighted by molar-refractivity contribution is -0.250. The van der Waals surface area contributed by atoms with Gasteiger partial charge in [-0.15, -0.1) is 11.3 Å². The van der Waals surface area contributed by atoms with Gasteiger partial charge >= 0.3 is 6.18 Å². The summed E-state index contributed by atoms with van der Waals surface area (Å²) in [5, 5.41) is 11.2. The number of amides is 1. The van der Waals surface area contributed by atoms with Gasteiger partial charge in [0.1, 0.15) is 11.9 Å². The molecule has 0 saturated heterocycles. The second-order valence-electron chi connectivity index (χ2n) is 6.37. The van der Waals surface area contributed by atoms with Crippen LogP contribution in [0.25, 0.3) is 0 Å². The molecule has 2 aromatic rings. The molecule has 0 spiro atoms. The quantitative estimate of drug-likeness (QED) is 0.704. The van der Waals surface area contributed by atoms with Crippen molar-refractivity contribution >= 4 is 23.3 Å². The topological polar surface area (TPSA) is 74.5 Å². The van der Waals surface area contributed by atoms with Gasteiger partial charge < -0.3 is 9.90 Å². The number of thiazole rings is 1. The Balaban J connectivity index is 2.59. The summed E-state index contributed by atoms with van der Waals surface area (Å²) in [5.74, 6) is -2.52. The Morgan fingerprint density at radius 1 is 1.19 bits per heavy atom. The molecule has 140 valence electrons. The second-order valence-corrected chi connectivity index (χ2v) is 7.38. The Bertz CT molecular complexity index is 936. The molecule has 1 aromatic carbocycles. The first-order valence-electron chi connectivity index (χ1n) is 7.21. The summed E-state index contributed by atoms with van der Waals surface area (Å²) in [5.41, 5.74) is -2.60. The molecular weight excluding hydrogens is 376 g/mol. The van der Waals surface area contributed by atoms with Crippen LogP contribution in [-0.4, -0.2) is 16.6 Å². The van der Waals surface area contributed by atoms with E-state index in [0.29, 0.717) is 27.6 Å². The van der Waals surface area contributed by atoms with Crippen molar-refractivity contribution in [2.75, 3.05) is 0 Å². The van der Waals surface area contributed by atoms with Crippen LogP contribution in [0.15, 0.2) is 29.4 Å². The van der Waals surface area contributed by atoms with Crippen molar-refractivity contribution in [3.63, 3.8) is 0 Å². The molecule has 0 atom stereocenters. The average molecular weight is 389 g/mol. The maximum absolute atomic E-state index is 13.8. The van der Waals surface area contributed by atoms with Crippen LogP contribution in [0.1, 0.15) is 41.6 Å². The molecule has 0 aliphatic rings. The van der Waals surface area contributed by atoms with E-state index in [1.807, 2.05) is 0 Å². The van der Waals surface area contributed by atoms with Crippen molar-refractivity contribution in [3.05, 3.63) is 51.0 Å². The number of alkyl halides is 3. The summed E-state index contributed by atoms with van der Waals surface area (Å²) in [7, 11) is 0. The number of carbonyl (C=O) groups is 2. The third-order valence-corrected chi connectivity index (χ3v) is 4.72. The van der Waals surface area contributed by atoms with E-state index >= 15 is 0 Å². The van der Waals surface area contributed by atoms with Gasteiger partial charge in [-0.1, -0.05) is 20.8 Å². The molecule has 0 aliphatic heterocycles. The molecule has 1 amide bonds. The zero-order valence-electron chi connectivity index (χ0n) is 13.8. The molecule has 0 radical (unpaired) electrons. The van der Waals surface area contributed by atoms with Crippen LogP contribution in [0, 0.1) is 5.82 Å². The molecule has 1 aromatic heterocycles. The van der Waals surface area contributed by atoms with Crippen molar-refractivity contribution in [1.82, 2.24) is 4.57 Å². The van der Waals surface area contributed by atoms with Gasteiger partial charge in [0.2, 0.25) is 0 Å². The van der Waals surface area contributed by atoms with Crippen LogP contribution in [0.3, 0.4) is 0 Å². The molecule has 10 heteroatoms. The minimum absolute atomic E-state index is 0.336. The lowest BCUT2D eigenvalue weighted by atomic mass is 9.95. The summed E-state index contributed by atoms with van der Waals surface area (Å²) in [6, 6.07) is 1.34. The molecule has 5 nitrogen and oxygen atoms in total. The zero-order valence-corrected chi connectivity index (χ0v) is 14.7. The van der Waals surface area contributed by atoms with Gasteiger partial charge in [0.15, 0.2) is 4.80 Å². The minimum atomic E-state index is -4.77. The molecular formula is C16H13F4N2O3S-. The van der Waals surface area contributed by atoms with E-state index in [1.165, 1.54) is 6.20 Å². The first-order chi connectivity index (χ1) is 11.8. The molecule has 0 N–H and O–H groups in total. The molecule has 0 saturated carbocycles. The first kappa shape index (κ1) is 19.8. The minimum Gasteiger partial charge on any atom is -0.529 e.